The Bertz CT molecular complexity index is 350. The molecule has 1 aromatic rings. The first kappa shape index (κ1) is 10.2. The third-order valence-corrected chi connectivity index (χ3v) is 3.32. The molecular formula is C10H9ClINO. The van der Waals surface area contributed by atoms with Crippen molar-refractivity contribution in [3.05, 3.63) is 34.9 Å². The van der Waals surface area contributed by atoms with Crippen LogP contribution in [0, 0.1) is 0 Å². The van der Waals surface area contributed by atoms with Crippen LogP contribution in [0.15, 0.2) is 29.4 Å². The van der Waals surface area contributed by atoms with Gasteiger partial charge in [0.05, 0.1) is 5.71 Å². The maximum atomic E-state index is 5.80. The summed E-state index contributed by atoms with van der Waals surface area (Å²) < 4.78 is 0.971. The van der Waals surface area contributed by atoms with Crippen molar-refractivity contribution in [3.63, 3.8) is 0 Å². The van der Waals surface area contributed by atoms with Crippen LogP contribution < -0.4 is 0 Å². The summed E-state index contributed by atoms with van der Waals surface area (Å²) in [5, 5.41) is 4.81. The van der Waals surface area contributed by atoms with E-state index in [0.29, 0.717) is 0 Å². The van der Waals surface area contributed by atoms with Gasteiger partial charge >= 0.3 is 0 Å². The lowest BCUT2D eigenvalue weighted by Gasteiger charge is -2.01. The van der Waals surface area contributed by atoms with Crippen molar-refractivity contribution < 1.29 is 4.84 Å². The largest absolute Gasteiger partial charge is 0.391 e. The van der Waals surface area contributed by atoms with Gasteiger partial charge in [0.25, 0.3) is 0 Å². The van der Waals surface area contributed by atoms with E-state index in [0.717, 1.165) is 27.1 Å². The third kappa shape index (κ3) is 2.20. The van der Waals surface area contributed by atoms with E-state index in [1.165, 1.54) is 0 Å². The predicted molar refractivity (Wildman–Crippen MR) is 66.4 cm³/mol. The molecule has 0 aromatic heterocycles. The fourth-order valence-corrected chi connectivity index (χ4v) is 1.92. The van der Waals surface area contributed by atoms with E-state index in [1.54, 1.807) is 0 Å². The van der Waals surface area contributed by atoms with Crippen LogP contribution in [0.2, 0.25) is 5.02 Å². The third-order valence-electron chi connectivity index (χ3n) is 2.08. The van der Waals surface area contributed by atoms with E-state index in [-0.39, 0.29) is 6.10 Å². The van der Waals surface area contributed by atoms with Crippen LogP contribution in [0.4, 0.5) is 0 Å². The maximum absolute atomic E-state index is 5.80. The van der Waals surface area contributed by atoms with Gasteiger partial charge in [-0.3, -0.25) is 0 Å². The molecule has 1 aliphatic heterocycles. The minimum absolute atomic E-state index is 0.237. The highest BCUT2D eigenvalue weighted by atomic mass is 127. The number of alkyl halides is 1. The van der Waals surface area contributed by atoms with Crippen LogP contribution in [0.1, 0.15) is 12.0 Å². The standard InChI is InChI=1S/C10H9ClINO/c11-8-3-1-7(2-4-8)10-5-9(6-12)14-13-10/h1-4,9H,5-6H2. The van der Waals surface area contributed by atoms with Crippen LogP contribution in [0.5, 0.6) is 0 Å². The van der Waals surface area contributed by atoms with Gasteiger partial charge in [-0.05, 0) is 17.7 Å². The lowest BCUT2D eigenvalue weighted by molar-refractivity contribution is 0.105. The van der Waals surface area contributed by atoms with Crippen molar-refractivity contribution >= 4 is 39.9 Å². The van der Waals surface area contributed by atoms with Gasteiger partial charge in [-0.15, -0.1) is 0 Å². The molecule has 0 aliphatic carbocycles. The fraction of sp³-hybridized carbons (Fsp3) is 0.300. The molecular weight excluding hydrogens is 312 g/mol. The predicted octanol–water partition coefficient (Wildman–Crippen LogP) is 3.27. The Morgan fingerprint density at radius 1 is 1.43 bits per heavy atom. The number of oxime groups is 1. The summed E-state index contributed by atoms with van der Waals surface area (Å²) in [6.45, 7) is 0. The normalized spacial score (nSPS) is 20.4. The molecule has 1 heterocycles. The van der Waals surface area contributed by atoms with Crippen LogP contribution in [0.25, 0.3) is 0 Å². The molecule has 2 nitrogen and oxygen atoms in total. The highest BCUT2D eigenvalue weighted by Gasteiger charge is 2.20. The van der Waals surface area contributed by atoms with Crippen molar-refractivity contribution in [2.24, 2.45) is 5.16 Å². The van der Waals surface area contributed by atoms with Gasteiger partial charge in [-0.1, -0.05) is 51.5 Å². The SMILES string of the molecule is Clc1ccc(C2=NOC(CI)C2)cc1. The molecule has 0 radical (unpaired) electrons. The molecule has 0 saturated carbocycles. The average molecular weight is 322 g/mol. The van der Waals surface area contributed by atoms with E-state index in [2.05, 4.69) is 27.7 Å². The number of hydrogen-bond donors (Lipinski definition) is 0. The van der Waals surface area contributed by atoms with Crippen molar-refractivity contribution in [3.8, 4) is 0 Å². The Morgan fingerprint density at radius 3 is 2.71 bits per heavy atom. The maximum Gasteiger partial charge on any atom is 0.142 e. The average Bonchev–Trinajstić information content (AvgIpc) is 2.67. The highest BCUT2D eigenvalue weighted by molar-refractivity contribution is 14.1. The van der Waals surface area contributed by atoms with Gasteiger partial charge in [0.2, 0.25) is 0 Å². The summed E-state index contributed by atoms with van der Waals surface area (Å²) in [6.07, 6.45) is 1.13. The molecule has 1 aromatic carbocycles. The first-order valence-electron chi connectivity index (χ1n) is 4.34. The second kappa shape index (κ2) is 4.49. The molecule has 0 fully saturated rings. The van der Waals surface area contributed by atoms with E-state index >= 15 is 0 Å². The summed E-state index contributed by atoms with van der Waals surface area (Å²) in [5.41, 5.74) is 2.12. The van der Waals surface area contributed by atoms with E-state index < -0.39 is 0 Å². The minimum atomic E-state index is 0.237. The number of halogens is 2. The number of hydrogen-bond acceptors (Lipinski definition) is 2. The summed E-state index contributed by atoms with van der Waals surface area (Å²) in [6, 6.07) is 7.69. The monoisotopic (exact) mass is 321 g/mol. The van der Waals surface area contributed by atoms with Crippen LogP contribution in [-0.2, 0) is 4.84 Å². The zero-order valence-corrected chi connectivity index (χ0v) is 10.3. The van der Waals surface area contributed by atoms with Crippen LogP contribution in [0.3, 0.4) is 0 Å². The Labute approximate surface area is 101 Å². The summed E-state index contributed by atoms with van der Waals surface area (Å²) in [4.78, 5) is 5.25. The summed E-state index contributed by atoms with van der Waals surface area (Å²) >= 11 is 8.11. The molecule has 0 amide bonds. The Hall–Kier alpha value is -0.290. The quantitative estimate of drug-likeness (QED) is 0.605. The Balaban J connectivity index is 2.13. The van der Waals surface area contributed by atoms with E-state index in [9.17, 15) is 0 Å². The number of nitrogens with zero attached hydrogens (tertiary/aromatic N) is 1. The first-order chi connectivity index (χ1) is 6.79. The second-order valence-electron chi connectivity index (χ2n) is 3.13. The molecule has 1 aliphatic rings. The molecule has 0 bridgehead atoms. The number of rotatable bonds is 2. The molecule has 4 heteroatoms. The molecule has 1 atom stereocenters. The lowest BCUT2D eigenvalue weighted by Crippen LogP contribution is -2.09. The van der Waals surface area contributed by atoms with Crippen molar-refractivity contribution in [1.82, 2.24) is 0 Å². The van der Waals surface area contributed by atoms with Gasteiger partial charge in [-0.25, -0.2) is 0 Å². The van der Waals surface area contributed by atoms with Gasteiger partial charge in [0.1, 0.15) is 6.10 Å². The van der Waals surface area contributed by atoms with Crippen molar-refractivity contribution in [2.75, 3.05) is 4.43 Å². The van der Waals surface area contributed by atoms with Gasteiger partial charge < -0.3 is 4.84 Å². The van der Waals surface area contributed by atoms with Crippen LogP contribution >= 0.6 is 34.2 Å². The summed E-state index contributed by atoms with van der Waals surface area (Å²) in [7, 11) is 0. The minimum Gasteiger partial charge on any atom is -0.391 e. The zero-order chi connectivity index (χ0) is 9.97. The topological polar surface area (TPSA) is 21.6 Å². The smallest absolute Gasteiger partial charge is 0.142 e. The number of benzene rings is 1. The van der Waals surface area contributed by atoms with Gasteiger partial charge in [-0.2, -0.15) is 0 Å². The second-order valence-corrected chi connectivity index (χ2v) is 4.45. The molecule has 14 heavy (non-hydrogen) atoms. The molecule has 0 spiro atoms. The molecule has 2 rings (SSSR count). The van der Waals surface area contributed by atoms with Crippen molar-refractivity contribution in [2.45, 2.75) is 12.5 Å². The highest BCUT2D eigenvalue weighted by Crippen LogP contribution is 2.19. The Kier molecular flexibility index (Phi) is 3.28. The van der Waals surface area contributed by atoms with Crippen molar-refractivity contribution in [1.29, 1.82) is 0 Å². The fourth-order valence-electron chi connectivity index (χ4n) is 1.32. The molecule has 0 N–H and O–H groups in total. The van der Waals surface area contributed by atoms with Crippen LogP contribution in [-0.4, -0.2) is 16.2 Å². The van der Waals surface area contributed by atoms with E-state index in [4.69, 9.17) is 16.4 Å². The first-order valence-corrected chi connectivity index (χ1v) is 6.24. The molecule has 0 saturated heterocycles. The molecule has 1 unspecified atom stereocenters. The van der Waals surface area contributed by atoms with E-state index in [1.807, 2.05) is 24.3 Å². The van der Waals surface area contributed by atoms with Gasteiger partial charge in [0.15, 0.2) is 0 Å². The Morgan fingerprint density at radius 2 is 2.14 bits per heavy atom. The lowest BCUT2D eigenvalue weighted by atomic mass is 10.1. The molecule has 74 valence electrons. The zero-order valence-electron chi connectivity index (χ0n) is 7.41. The summed E-state index contributed by atoms with van der Waals surface area (Å²) in [5.74, 6) is 0. The van der Waals surface area contributed by atoms with Gasteiger partial charge in [0, 0.05) is 15.9 Å².